The second kappa shape index (κ2) is 11.6. The number of para-hydroxylation sites is 1. The van der Waals surface area contributed by atoms with Crippen LogP contribution >= 0.6 is 11.3 Å². The minimum Gasteiger partial charge on any atom is -0.456 e. The van der Waals surface area contributed by atoms with Crippen molar-refractivity contribution >= 4 is 53.4 Å². The zero-order valence-corrected chi connectivity index (χ0v) is 27.6. The fourth-order valence-electron chi connectivity index (χ4n) is 6.94. The maximum Gasteiger partial charge on any atom is 0.165 e. The summed E-state index contributed by atoms with van der Waals surface area (Å²) in [5.41, 5.74) is 8.99. The minimum absolute atomic E-state index is 0.597. The Balaban J connectivity index is 1.17. The van der Waals surface area contributed by atoms with Crippen LogP contribution in [0.5, 0.6) is 0 Å². The van der Waals surface area contributed by atoms with E-state index in [1.54, 1.807) is 11.3 Å². The zero-order chi connectivity index (χ0) is 33.0. The van der Waals surface area contributed by atoms with Crippen LogP contribution < -0.4 is 0 Å². The Morgan fingerprint density at radius 3 is 1.80 bits per heavy atom. The summed E-state index contributed by atoms with van der Waals surface area (Å²) in [7, 11) is 0. The molecule has 4 nitrogen and oxygen atoms in total. The van der Waals surface area contributed by atoms with Gasteiger partial charge in [0.2, 0.25) is 0 Å². The molecule has 0 aliphatic carbocycles. The van der Waals surface area contributed by atoms with E-state index in [-0.39, 0.29) is 0 Å². The van der Waals surface area contributed by atoms with Gasteiger partial charge < -0.3 is 4.42 Å². The summed E-state index contributed by atoms with van der Waals surface area (Å²) >= 11 is 1.77. The number of hydrogen-bond donors (Lipinski definition) is 0. The van der Waals surface area contributed by atoms with Crippen molar-refractivity contribution in [1.82, 2.24) is 15.0 Å². The Morgan fingerprint density at radius 1 is 0.360 bits per heavy atom. The van der Waals surface area contributed by atoms with Gasteiger partial charge in [-0.1, -0.05) is 133 Å². The molecular formula is C45H27N3OS. The SMILES string of the molecule is c1ccc(-c2ccc(-c3ccccc3-c3nc(-c4ccc5c(c4)oc4ccccc45)nc(-c4cccc5c4sc4ccccc45)n3)cc2)cc1. The van der Waals surface area contributed by atoms with E-state index in [0.29, 0.717) is 17.5 Å². The largest absolute Gasteiger partial charge is 0.456 e. The molecule has 234 valence electrons. The van der Waals surface area contributed by atoms with Crippen molar-refractivity contribution in [3.05, 3.63) is 164 Å². The molecule has 3 heterocycles. The summed E-state index contributed by atoms with van der Waals surface area (Å²) in [4.78, 5) is 15.6. The van der Waals surface area contributed by atoms with Gasteiger partial charge in [-0.05, 0) is 52.6 Å². The highest BCUT2D eigenvalue weighted by Crippen LogP contribution is 2.41. The standard InChI is InChI=1S/C45H27N3OS/c1-2-11-28(12-3-1)29-21-23-30(24-22-29)32-13-4-5-16-37(32)44-46-43(31-25-26-34-33-14-6-8-19-39(33)49-40(34)27-31)47-45(48-44)38-18-10-17-36-35-15-7-9-20-41(35)50-42(36)38/h1-27H. The summed E-state index contributed by atoms with van der Waals surface area (Å²) in [6.45, 7) is 0. The summed E-state index contributed by atoms with van der Waals surface area (Å²) in [5.74, 6) is 1.86. The van der Waals surface area contributed by atoms with Crippen LogP contribution in [0, 0.1) is 0 Å². The third kappa shape index (κ3) is 4.79. The molecule has 10 aromatic rings. The topological polar surface area (TPSA) is 51.8 Å². The number of nitrogens with zero attached hydrogens (tertiary/aromatic N) is 3. The van der Waals surface area contributed by atoms with Gasteiger partial charge in [-0.2, -0.15) is 0 Å². The highest BCUT2D eigenvalue weighted by Gasteiger charge is 2.19. The molecule has 0 unspecified atom stereocenters. The number of rotatable bonds is 5. The molecule has 0 aliphatic heterocycles. The third-order valence-corrected chi connectivity index (χ3v) is 10.6. The molecule has 0 spiro atoms. The van der Waals surface area contributed by atoms with Gasteiger partial charge in [-0.3, -0.25) is 0 Å². The molecule has 0 fully saturated rings. The second-order valence-electron chi connectivity index (χ2n) is 12.4. The lowest BCUT2D eigenvalue weighted by Crippen LogP contribution is -2.01. The maximum absolute atomic E-state index is 6.28. The van der Waals surface area contributed by atoms with Crippen molar-refractivity contribution in [2.45, 2.75) is 0 Å². The highest BCUT2D eigenvalue weighted by molar-refractivity contribution is 7.26. The summed E-state index contributed by atoms with van der Waals surface area (Å²) in [6.07, 6.45) is 0. The quantitative estimate of drug-likeness (QED) is 0.185. The van der Waals surface area contributed by atoms with Crippen LogP contribution in [0.4, 0.5) is 0 Å². The first kappa shape index (κ1) is 28.6. The molecule has 5 heteroatoms. The number of hydrogen-bond acceptors (Lipinski definition) is 5. The van der Waals surface area contributed by atoms with Crippen molar-refractivity contribution < 1.29 is 4.42 Å². The van der Waals surface area contributed by atoms with E-state index in [2.05, 4.69) is 127 Å². The smallest absolute Gasteiger partial charge is 0.165 e. The Kier molecular flexibility index (Phi) is 6.64. The highest BCUT2D eigenvalue weighted by atomic mass is 32.1. The lowest BCUT2D eigenvalue weighted by Gasteiger charge is -2.13. The van der Waals surface area contributed by atoms with Gasteiger partial charge in [-0.15, -0.1) is 11.3 Å². The molecule has 0 N–H and O–H groups in total. The molecule has 10 rings (SSSR count). The van der Waals surface area contributed by atoms with Crippen LogP contribution in [-0.4, -0.2) is 15.0 Å². The van der Waals surface area contributed by atoms with Gasteiger partial charge in [0.1, 0.15) is 11.2 Å². The van der Waals surface area contributed by atoms with Crippen molar-refractivity contribution in [1.29, 1.82) is 0 Å². The number of furan rings is 1. The van der Waals surface area contributed by atoms with Gasteiger partial charge in [0.15, 0.2) is 17.5 Å². The first-order valence-electron chi connectivity index (χ1n) is 16.6. The fourth-order valence-corrected chi connectivity index (χ4v) is 8.15. The molecule has 3 aromatic heterocycles. The fraction of sp³-hybridized carbons (Fsp3) is 0. The van der Waals surface area contributed by atoms with E-state index in [1.165, 1.54) is 26.6 Å². The van der Waals surface area contributed by atoms with E-state index < -0.39 is 0 Å². The maximum atomic E-state index is 6.28. The summed E-state index contributed by atoms with van der Waals surface area (Å²) in [6, 6.07) is 56.9. The Morgan fingerprint density at radius 2 is 0.940 bits per heavy atom. The monoisotopic (exact) mass is 657 g/mol. The summed E-state index contributed by atoms with van der Waals surface area (Å²) in [5, 5.41) is 4.60. The molecule has 7 aromatic carbocycles. The average molecular weight is 658 g/mol. The zero-order valence-electron chi connectivity index (χ0n) is 26.7. The van der Waals surface area contributed by atoms with Crippen LogP contribution in [-0.2, 0) is 0 Å². The molecular weight excluding hydrogens is 631 g/mol. The van der Waals surface area contributed by atoms with Crippen LogP contribution in [0.3, 0.4) is 0 Å². The van der Waals surface area contributed by atoms with Gasteiger partial charge in [0.25, 0.3) is 0 Å². The first-order valence-corrected chi connectivity index (χ1v) is 17.4. The Bertz CT molecular complexity index is 2870. The molecule has 0 aliphatic rings. The number of thiophene rings is 1. The summed E-state index contributed by atoms with van der Waals surface area (Å²) < 4.78 is 8.69. The van der Waals surface area contributed by atoms with Crippen molar-refractivity contribution in [3.63, 3.8) is 0 Å². The van der Waals surface area contributed by atoms with E-state index in [4.69, 9.17) is 19.4 Å². The van der Waals surface area contributed by atoms with Crippen molar-refractivity contribution in [2.75, 3.05) is 0 Å². The lowest BCUT2D eigenvalue weighted by atomic mass is 9.96. The first-order chi connectivity index (χ1) is 24.8. The van der Waals surface area contributed by atoms with E-state index in [9.17, 15) is 0 Å². The normalized spacial score (nSPS) is 11.6. The second-order valence-corrected chi connectivity index (χ2v) is 13.4. The Labute approximate surface area is 292 Å². The molecule has 0 saturated carbocycles. The number of benzene rings is 7. The third-order valence-electron chi connectivity index (χ3n) is 9.39. The van der Waals surface area contributed by atoms with Crippen LogP contribution in [0.25, 0.3) is 98.5 Å². The van der Waals surface area contributed by atoms with Gasteiger partial charge >= 0.3 is 0 Å². The van der Waals surface area contributed by atoms with Gasteiger partial charge in [0, 0.05) is 47.6 Å². The average Bonchev–Trinajstić information content (AvgIpc) is 3.76. The molecule has 0 bridgehead atoms. The van der Waals surface area contributed by atoms with Crippen molar-refractivity contribution in [2.24, 2.45) is 0 Å². The molecule has 0 amide bonds. The number of fused-ring (bicyclic) bond motifs is 6. The molecule has 0 radical (unpaired) electrons. The van der Waals surface area contributed by atoms with Crippen molar-refractivity contribution in [3.8, 4) is 56.4 Å². The number of aromatic nitrogens is 3. The van der Waals surface area contributed by atoms with Gasteiger partial charge in [-0.25, -0.2) is 15.0 Å². The predicted octanol–water partition coefficient (Wildman–Crippen LogP) is 12.5. The van der Waals surface area contributed by atoms with E-state index in [1.807, 2.05) is 36.4 Å². The molecule has 50 heavy (non-hydrogen) atoms. The van der Waals surface area contributed by atoms with E-state index in [0.717, 1.165) is 54.5 Å². The van der Waals surface area contributed by atoms with Gasteiger partial charge in [0.05, 0.1) is 0 Å². The predicted molar refractivity (Wildman–Crippen MR) is 207 cm³/mol. The van der Waals surface area contributed by atoms with Crippen LogP contribution in [0.1, 0.15) is 0 Å². The van der Waals surface area contributed by atoms with Crippen LogP contribution in [0.2, 0.25) is 0 Å². The van der Waals surface area contributed by atoms with Crippen LogP contribution in [0.15, 0.2) is 168 Å². The Hall–Kier alpha value is -6.43. The lowest BCUT2D eigenvalue weighted by molar-refractivity contribution is 0.669. The molecule has 0 saturated heterocycles. The van der Waals surface area contributed by atoms with E-state index >= 15 is 0 Å². The molecule has 0 atom stereocenters. The minimum atomic E-state index is 0.597.